The summed E-state index contributed by atoms with van der Waals surface area (Å²) in [4.78, 5) is 54.9. The van der Waals surface area contributed by atoms with Gasteiger partial charge in [0.2, 0.25) is 11.8 Å². The van der Waals surface area contributed by atoms with Gasteiger partial charge in [-0.3, -0.25) is 29.4 Å². The first-order chi connectivity index (χ1) is 17.0. The summed E-state index contributed by atoms with van der Waals surface area (Å²) in [6, 6.07) is 11.6. The number of imide groups is 1. The molecule has 0 aliphatic carbocycles. The number of nitrogens with zero attached hydrogens (tertiary/aromatic N) is 3. The van der Waals surface area contributed by atoms with E-state index in [0.717, 1.165) is 24.1 Å². The van der Waals surface area contributed by atoms with Crippen molar-refractivity contribution in [3.05, 3.63) is 75.8 Å². The van der Waals surface area contributed by atoms with Gasteiger partial charge in [0.15, 0.2) is 5.78 Å². The Morgan fingerprint density at radius 2 is 1.80 bits per heavy atom. The molecule has 2 aromatic rings. The molecule has 0 saturated carbocycles. The van der Waals surface area contributed by atoms with Crippen molar-refractivity contribution < 1.29 is 24.0 Å². The largest absolute Gasteiger partial charge is 0.376 e. The molecule has 0 unspecified atom stereocenters. The predicted octanol–water partition coefficient (Wildman–Crippen LogP) is 2.84. The topological polar surface area (TPSA) is 110 Å². The molecule has 5 atom stereocenters. The zero-order valence-electron chi connectivity index (χ0n) is 18.8. The molecule has 2 aromatic carbocycles. The lowest BCUT2D eigenvalue weighted by atomic mass is 9.86. The molecule has 35 heavy (non-hydrogen) atoms. The summed E-state index contributed by atoms with van der Waals surface area (Å²) < 4.78 is 5.67. The average molecular weight is 473 g/mol. The normalized spacial score (nSPS) is 28.7. The van der Waals surface area contributed by atoms with Crippen molar-refractivity contribution >= 4 is 35.0 Å². The van der Waals surface area contributed by atoms with E-state index in [1.54, 1.807) is 0 Å². The lowest BCUT2D eigenvalue weighted by Gasteiger charge is -2.36. The Balaban J connectivity index is 1.41. The van der Waals surface area contributed by atoms with Crippen molar-refractivity contribution in [1.82, 2.24) is 4.90 Å². The SMILES string of the molecule is O=C(c1ccc([N+](=O)[O-])cc1)[C@@H]1[C@@H]2C(=O)N(C[C@@H]3CCCO3)C(=O)[C@H]2[C@H]2C=Cc3ccccc3N21. The number of carbonyl (C=O) groups excluding carboxylic acids is 3. The first-order valence-electron chi connectivity index (χ1n) is 11.8. The number of anilines is 1. The summed E-state index contributed by atoms with van der Waals surface area (Å²) in [5, 5.41) is 11.1. The first kappa shape index (κ1) is 21.7. The van der Waals surface area contributed by atoms with Gasteiger partial charge in [0.1, 0.15) is 6.04 Å². The van der Waals surface area contributed by atoms with Gasteiger partial charge >= 0.3 is 0 Å². The van der Waals surface area contributed by atoms with E-state index in [4.69, 9.17) is 4.74 Å². The number of amides is 2. The fourth-order valence-electron chi connectivity index (χ4n) is 5.97. The third-order valence-corrected chi connectivity index (χ3v) is 7.55. The Bertz CT molecular complexity index is 1270. The van der Waals surface area contributed by atoms with Gasteiger partial charge in [-0.2, -0.15) is 0 Å². The molecule has 9 nitrogen and oxygen atoms in total. The minimum atomic E-state index is -0.900. The highest BCUT2D eigenvalue weighted by atomic mass is 16.6. The number of likely N-dealkylation sites (tertiary alicyclic amines) is 1. The van der Waals surface area contributed by atoms with E-state index in [9.17, 15) is 24.5 Å². The molecule has 9 heteroatoms. The number of rotatable bonds is 5. The third kappa shape index (κ3) is 3.30. The van der Waals surface area contributed by atoms with Gasteiger partial charge in [0.25, 0.3) is 5.69 Å². The number of ether oxygens (including phenoxy) is 1. The molecule has 178 valence electrons. The molecule has 4 aliphatic heterocycles. The monoisotopic (exact) mass is 473 g/mol. The molecule has 3 fully saturated rings. The van der Waals surface area contributed by atoms with E-state index in [0.29, 0.717) is 6.61 Å². The number of hydrogen-bond acceptors (Lipinski definition) is 7. The summed E-state index contributed by atoms with van der Waals surface area (Å²) in [6.45, 7) is 0.820. The third-order valence-electron chi connectivity index (χ3n) is 7.55. The summed E-state index contributed by atoms with van der Waals surface area (Å²) in [6.07, 6.45) is 5.35. The second-order valence-electron chi connectivity index (χ2n) is 9.40. The zero-order chi connectivity index (χ0) is 24.3. The number of nitro benzene ring substituents is 1. The number of fused-ring (bicyclic) bond motifs is 5. The molecule has 6 rings (SSSR count). The number of Topliss-reactive ketones (excluding diaryl/α,β-unsaturated/α-hetero) is 1. The van der Waals surface area contributed by atoms with Crippen LogP contribution in [0.1, 0.15) is 28.8 Å². The maximum atomic E-state index is 13.9. The van der Waals surface area contributed by atoms with Crippen LogP contribution in [0.2, 0.25) is 0 Å². The van der Waals surface area contributed by atoms with Gasteiger partial charge in [0.05, 0.1) is 35.4 Å². The summed E-state index contributed by atoms with van der Waals surface area (Å²) in [7, 11) is 0. The van der Waals surface area contributed by atoms with Gasteiger partial charge in [-0.25, -0.2) is 0 Å². The number of hydrogen-bond donors (Lipinski definition) is 0. The molecule has 0 aromatic heterocycles. The molecular weight excluding hydrogens is 450 g/mol. The molecular formula is C26H23N3O6. The number of non-ortho nitro benzene ring substituents is 1. The number of nitro groups is 1. The van der Waals surface area contributed by atoms with Crippen LogP contribution in [0.4, 0.5) is 11.4 Å². The minimum absolute atomic E-state index is 0.121. The van der Waals surface area contributed by atoms with Crippen LogP contribution in [0.25, 0.3) is 6.08 Å². The standard InChI is InChI=1S/C26H23N3O6/c30-24(16-7-10-17(11-8-16)29(33)34)23-22-21(20-12-9-15-4-1-2-6-19(15)28(20)23)25(31)27(26(22)32)14-18-5-3-13-35-18/h1-2,4,6-12,18,20-23H,3,5,13-14H2/t18-,20+,21-,22+,23-/m0/s1. The summed E-state index contributed by atoms with van der Waals surface area (Å²) >= 11 is 0. The molecule has 4 aliphatic rings. The molecule has 3 saturated heterocycles. The maximum Gasteiger partial charge on any atom is 0.269 e. The van der Waals surface area contributed by atoms with Crippen molar-refractivity contribution in [2.45, 2.75) is 31.0 Å². The number of carbonyl (C=O) groups is 3. The zero-order valence-corrected chi connectivity index (χ0v) is 18.8. The molecule has 4 heterocycles. The molecule has 0 radical (unpaired) electrons. The van der Waals surface area contributed by atoms with Crippen molar-refractivity contribution in [2.75, 3.05) is 18.1 Å². The van der Waals surface area contributed by atoms with Gasteiger partial charge in [-0.1, -0.05) is 30.4 Å². The number of ketones is 1. The van der Waals surface area contributed by atoms with Gasteiger partial charge in [-0.15, -0.1) is 0 Å². The Labute approximate surface area is 201 Å². The lowest BCUT2D eigenvalue weighted by molar-refractivity contribution is -0.384. The fourth-order valence-corrected chi connectivity index (χ4v) is 5.97. The first-order valence-corrected chi connectivity index (χ1v) is 11.8. The fraction of sp³-hybridized carbons (Fsp3) is 0.346. The van der Waals surface area contributed by atoms with E-state index in [1.807, 2.05) is 41.3 Å². The highest BCUT2D eigenvalue weighted by Gasteiger charge is 2.64. The summed E-state index contributed by atoms with van der Waals surface area (Å²) in [5.74, 6) is -2.47. The van der Waals surface area contributed by atoms with Gasteiger partial charge in [0, 0.05) is 30.0 Å². The average Bonchev–Trinajstić information content (AvgIpc) is 3.57. The van der Waals surface area contributed by atoms with Crippen LogP contribution in [0.3, 0.4) is 0 Å². The van der Waals surface area contributed by atoms with Crippen LogP contribution in [0, 0.1) is 22.0 Å². The van der Waals surface area contributed by atoms with Crippen LogP contribution in [-0.4, -0.2) is 58.8 Å². The number of benzene rings is 2. The Hall–Kier alpha value is -3.85. The van der Waals surface area contributed by atoms with E-state index in [2.05, 4.69) is 0 Å². The maximum absolute atomic E-state index is 13.9. The Morgan fingerprint density at radius 3 is 2.51 bits per heavy atom. The van der Waals surface area contributed by atoms with Crippen LogP contribution < -0.4 is 4.90 Å². The Kier molecular flexibility index (Phi) is 5.03. The quantitative estimate of drug-likeness (QED) is 0.284. The second-order valence-corrected chi connectivity index (χ2v) is 9.40. The number of para-hydroxylation sites is 1. The van der Waals surface area contributed by atoms with Crippen molar-refractivity contribution in [1.29, 1.82) is 0 Å². The summed E-state index contributed by atoms with van der Waals surface area (Å²) in [5.41, 5.74) is 1.84. The minimum Gasteiger partial charge on any atom is -0.376 e. The molecule has 2 amide bonds. The van der Waals surface area contributed by atoms with E-state index >= 15 is 0 Å². The molecule has 0 bridgehead atoms. The predicted molar refractivity (Wildman–Crippen MR) is 126 cm³/mol. The molecule has 0 N–H and O–H groups in total. The smallest absolute Gasteiger partial charge is 0.269 e. The van der Waals surface area contributed by atoms with E-state index < -0.39 is 28.8 Å². The lowest BCUT2D eigenvalue weighted by Crippen LogP contribution is -2.49. The van der Waals surface area contributed by atoms with Crippen molar-refractivity contribution in [3.8, 4) is 0 Å². The molecule has 0 spiro atoms. The van der Waals surface area contributed by atoms with Crippen LogP contribution in [0.15, 0.2) is 54.6 Å². The van der Waals surface area contributed by atoms with Crippen LogP contribution >= 0.6 is 0 Å². The van der Waals surface area contributed by atoms with E-state index in [-0.39, 0.29) is 41.5 Å². The van der Waals surface area contributed by atoms with Crippen LogP contribution in [0.5, 0.6) is 0 Å². The highest BCUT2D eigenvalue weighted by molar-refractivity contribution is 6.14. The van der Waals surface area contributed by atoms with E-state index in [1.165, 1.54) is 29.2 Å². The Morgan fingerprint density at radius 1 is 1.06 bits per heavy atom. The second kappa shape index (κ2) is 8.13. The van der Waals surface area contributed by atoms with Gasteiger partial charge < -0.3 is 9.64 Å². The highest BCUT2D eigenvalue weighted by Crippen LogP contribution is 2.49. The van der Waals surface area contributed by atoms with Gasteiger partial charge in [-0.05, 0) is 36.6 Å². The van der Waals surface area contributed by atoms with Crippen molar-refractivity contribution in [2.24, 2.45) is 11.8 Å². The van der Waals surface area contributed by atoms with Crippen LogP contribution in [-0.2, 0) is 14.3 Å². The van der Waals surface area contributed by atoms with Crippen molar-refractivity contribution in [3.63, 3.8) is 0 Å².